The number of nitrogens with two attached hydrogens (primary N) is 1. The van der Waals surface area contributed by atoms with Crippen LogP contribution in [-0.2, 0) is 9.47 Å². The number of rotatable bonds is 6. The van der Waals surface area contributed by atoms with E-state index in [1.807, 2.05) is 6.92 Å². The molecule has 5 nitrogen and oxygen atoms in total. The van der Waals surface area contributed by atoms with Crippen LogP contribution in [0.15, 0.2) is 22.2 Å². The van der Waals surface area contributed by atoms with E-state index < -0.39 is 6.10 Å². The summed E-state index contributed by atoms with van der Waals surface area (Å²) in [5.41, 5.74) is 2.40. The van der Waals surface area contributed by atoms with Crippen molar-refractivity contribution < 1.29 is 13.9 Å². The molecule has 0 spiro atoms. The maximum atomic E-state index is 14.3. The average Bonchev–Trinajstić information content (AvgIpc) is 3.53. The summed E-state index contributed by atoms with van der Waals surface area (Å²) in [6, 6.07) is 3.22. The Morgan fingerprint density at radius 1 is 1.39 bits per heavy atom. The topological polar surface area (TPSA) is 69.2 Å². The number of halogens is 1. The minimum Gasteiger partial charge on any atom is -0.376 e. The number of hydrogen-bond acceptors (Lipinski definition) is 5. The van der Waals surface area contributed by atoms with Gasteiger partial charge in [-0.15, -0.1) is 0 Å². The third-order valence-corrected chi connectivity index (χ3v) is 5.09. The quantitative estimate of drug-likeness (QED) is 0.352. The van der Waals surface area contributed by atoms with Gasteiger partial charge in [-0.1, -0.05) is 11.8 Å². The summed E-state index contributed by atoms with van der Waals surface area (Å²) in [7, 11) is 1.58. The maximum Gasteiger partial charge on any atom is 0.139 e. The van der Waals surface area contributed by atoms with Gasteiger partial charge in [-0.2, -0.15) is 5.10 Å². The van der Waals surface area contributed by atoms with Crippen molar-refractivity contribution in [2.24, 2.45) is 21.9 Å². The fourth-order valence-corrected chi connectivity index (χ4v) is 3.27. The van der Waals surface area contributed by atoms with Gasteiger partial charge in [0.2, 0.25) is 0 Å². The Balaban J connectivity index is 1.78. The van der Waals surface area contributed by atoms with Crippen molar-refractivity contribution >= 4 is 11.9 Å². The molecule has 2 N–H and O–H groups in total. The number of aliphatic imine (C=N–C) groups is 1. The minimum absolute atomic E-state index is 0.141. The molecule has 6 heteroatoms. The lowest BCUT2D eigenvalue weighted by molar-refractivity contribution is 0.0226. The molecule has 1 aromatic rings. The third-order valence-electron chi connectivity index (χ3n) is 5.09. The predicted molar refractivity (Wildman–Crippen MR) is 109 cm³/mol. The number of ether oxygens (including phenoxy) is 2. The molecule has 150 valence electrons. The molecule has 2 unspecified atom stereocenters. The summed E-state index contributed by atoms with van der Waals surface area (Å²) >= 11 is 0. The Labute approximate surface area is 166 Å². The van der Waals surface area contributed by atoms with Crippen molar-refractivity contribution in [1.29, 1.82) is 0 Å². The standard InChI is InChI=1S/C22H28FN3O2/c1-15-11-20(23)17(9-8-16-6-7-16)12-19(15)22(27-2)21(26-24)14-25-13-18-5-3-4-10-28-18/h11-12,14,16,18,22H,3-7,10,13,24H2,1-2H3/b25-14?,26-21+. The Hall–Kier alpha value is -2.23. The van der Waals surface area contributed by atoms with Gasteiger partial charge in [0.15, 0.2) is 0 Å². The molecule has 28 heavy (non-hydrogen) atoms. The minimum atomic E-state index is -0.539. The van der Waals surface area contributed by atoms with Crippen LogP contribution in [-0.4, -0.2) is 38.3 Å². The van der Waals surface area contributed by atoms with E-state index in [1.54, 1.807) is 19.4 Å². The summed E-state index contributed by atoms with van der Waals surface area (Å²) in [5, 5.41) is 3.87. The highest BCUT2D eigenvalue weighted by atomic mass is 19.1. The Morgan fingerprint density at radius 3 is 2.86 bits per heavy atom. The van der Waals surface area contributed by atoms with Crippen molar-refractivity contribution in [3.8, 4) is 11.8 Å². The molecule has 1 saturated carbocycles. The number of methoxy groups -OCH3 is 1. The maximum absolute atomic E-state index is 14.3. The average molecular weight is 385 g/mol. The molecule has 1 saturated heterocycles. The second-order valence-corrected chi connectivity index (χ2v) is 7.38. The van der Waals surface area contributed by atoms with E-state index in [0.29, 0.717) is 23.7 Å². The molecule has 0 radical (unpaired) electrons. The highest BCUT2D eigenvalue weighted by molar-refractivity contribution is 6.32. The Bertz CT molecular complexity index is 800. The van der Waals surface area contributed by atoms with Crippen LogP contribution in [0.25, 0.3) is 0 Å². The summed E-state index contributed by atoms with van der Waals surface area (Å²) in [4.78, 5) is 4.46. The predicted octanol–water partition coefficient (Wildman–Crippen LogP) is 3.54. The Kier molecular flexibility index (Phi) is 7.18. The van der Waals surface area contributed by atoms with E-state index in [0.717, 1.165) is 49.8 Å². The third kappa shape index (κ3) is 5.40. The van der Waals surface area contributed by atoms with Crippen molar-refractivity contribution in [2.45, 2.75) is 51.2 Å². The molecule has 2 aliphatic rings. The molecule has 1 aliphatic carbocycles. The molecule has 1 aliphatic heterocycles. The van der Waals surface area contributed by atoms with Crippen molar-refractivity contribution in [2.75, 3.05) is 20.3 Å². The molecule has 0 aromatic heterocycles. The van der Waals surface area contributed by atoms with Gasteiger partial charge in [-0.25, -0.2) is 4.39 Å². The number of aryl methyl sites for hydroxylation is 1. The van der Waals surface area contributed by atoms with E-state index in [4.69, 9.17) is 15.3 Å². The van der Waals surface area contributed by atoms with Gasteiger partial charge in [0.1, 0.15) is 17.6 Å². The Morgan fingerprint density at radius 2 is 2.21 bits per heavy atom. The van der Waals surface area contributed by atoms with Crippen molar-refractivity contribution in [3.63, 3.8) is 0 Å². The van der Waals surface area contributed by atoms with E-state index in [9.17, 15) is 4.39 Å². The summed E-state index contributed by atoms with van der Waals surface area (Å²) < 4.78 is 25.7. The van der Waals surface area contributed by atoms with Crippen molar-refractivity contribution in [1.82, 2.24) is 0 Å². The molecule has 0 bridgehead atoms. The van der Waals surface area contributed by atoms with Crippen LogP contribution in [0.4, 0.5) is 4.39 Å². The highest BCUT2D eigenvalue weighted by Gasteiger charge is 2.22. The zero-order valence-corrected chi connectivity index (χ0v) is 16.6. The normalized spacial score (nSPS) is 21.4. The van der Waals surface area contributed by atoms with Crippen LogP contribution in [0.3, 0.4) is 0 Å². The van der Waals surface area contributed by atoms with Gasteiger partial charge < -0.3 is 15.3 Å². The van der Waals surface area contributed by atoms with Gasteiger partial charge in [0, 0.05) is 25.8 Å². The summed E-state index contributed by atoms with van der Waals surface area (Å²) in [5.74, 6) is 11.8. The highest BCUT2D eigenvalue weighted by Crippen LogP contribution is 2.29. The smallest absolute Gasteiger partial charge is 0.139 e. The van der Waals surface area contributed by atoms with Crippen LogP contribution in [0.5, 0.6) is 0 Å². The zero-order valence-electron chi connectivity index (χ0n) is 16.6. The zero-order chi connectivity index (χ0) is 19.9. The molecule has 2 fully saturated rings. The van der Waals surface area contributed by atoms with E-state index in [1.165, 1.54) is 6.07 Å². The molecular formula is C22H28FN3O2. The first-order valence-electron chi connectivity index (χ1n) is 9.86. The van der Waals surface area contributed by atoms with Crippen LogP contribution in [0.1, 0.15) is 54.9 Å². The summed E-state index contributed by atoms with van der Waals surface area (Å²) in [6.45, 7) is 3.19. The second kappa shape index (κ2) is 9.81. The second-order valence-electron chi connectivity index (χ2n) is 7.38. The van der Waals surface area contributed by atoms with Crippen LogP contribution >= 0.6 is 0 Å². The first kappa shape index (κ1) is 20.5. The van der Waals surface area contributed by atoms with Crippen molar-refractivity contribution in [3.05, 3.63) is 34.6 Å². The largest absolute Gasteiger partial charge is 0.376 e. The number of benzene rings is 1. The molecular weight excluding hydrogens is 357 g/mol. The van der Waals surface area contributed by atoms with Gasteiger partial charge in [-0.05, 0) is 62.3 Å². The lowest BCUT2D eigenvalue weighted by Crippen LogP contribution is -2.23. The fraction of sp³-hybridized carbons (Fsp3) is 0.545. The molecule has 3 rings (SSSR count). The molecule has 1 aromatic carbocycles. The lowest BCUT2D eigenvalue weighted by Gasteiger charge is -2.21. The van der Waals surface area contributed by atoms with E-state index in [-0.39, 0.29) is 11.9 Å². The van der Waals surface area contributed by atoms with Gasteiger partial charge in [0.25, 0.3) is 0 Å². The van der Waals surface area contributed by atoms with Gasteiger partial charge in [-0.3, -0.25) is 4.99 Å². The van der Waals surface area contributed by atoms with E-state index >= 15 is 0 Å². The van der Waals surface area contributed by atoms with Gasteiger partial charge >= 0.3 is 0 Å². The molecule has 0 amide bonds. The number of nitrogens with zero attached hydrogens (tertiary/aromatic N) is 2. The number of hydrazone groups is 1. The first-order valence-corrected chi connectivity index (χ1v) is 9.86. The fourth-order valence-electron chi connectivity index (χ4n) is 3.27. The van der Waals surface area contributed by atoms with Crippen LogP contribution in [0, 0.1) is 30.5 Å². The van der Waals surface area contributed by atoms with Crippen LogP contribution in [0.2, 0.25) is 0 Å². The van der Waals surface area contributed by atoms with Crippen LogP contribution < -0.4 is 5.84 Å². The first-order chi connectivity index (χ1) is 13.6. The lowest BCUT2D eigenvalue weighted by atomic mass is 9.97. The summed E-state index contributed by atoms with van der Waals surface area (Å²) in [6.07, 6.45) is 6.71. The molecule has 1 heterocycles. The van der Waals surface area contributed by atoms with Gasteiger partial charge in [0.05, 0.1) is 18.2 Å². The number of hydrogen-bond donors (Lipinski definition) is 1. The monoisotopic (exact) mass is 385 g/mol. The van der Waals surface area contributed by atoms with E-state index in [2.05, 4.69) is 21.9 Å². The SMILES string of the molecule is COC(/C(C=NCC1CCCCO1)=N/N)c1cc(C#CC2CC2)c(F)cc1C. The molecule has 2 atom stereocenters.